The number of phenolic OH excluding ortho intramolecular Hbond substituents is 1. The fraction of sp³-hybridized carbons (Fsp3) is 0.154. The molecule has 0 aliphatic heterocycles. The summed E-state index contributed by atoms with van der Waals surface area (Å²) >= 11 is 0. The molecule has 33 heavy (non-hydrogen) atoms. The smallest absolute Gasteiger partial charge is 0.308 e. The van der Waals surface area contributed by atoms with Crippen LogP contribution in [0.25, 0.3) is 34.2 Å². The van der Waals surface area contributed by atoms with Crippen LogP contribution in [0.4, 0.5) is 0 Å². The van der Waals surface area contributed by atoms with E-state index in [0.717, 1.165) is 11.1 Å². The number of hydrogen-bond acceptors (Lipinski definition) is 7. The summed E-state index contributed by atoms with van der Waals surface area (Å²) in [6.07, 6.45) is 1.04. The molecule has 0 saturated heterocycles. The van der Waals surface area contributed by atoms with Gasteiger partial charge in [0.1, 0.15) is 11.5 Å². The summed E-state index contributed by atoms with van der Waals surface area (Å²) < 4.78 is 10.4. The van der Waals surface area contributed by atoms with E-state index in [9.17, 15) is 9.90 Å². The van der Waals surface area contributed by atoms with Gasteiger partial charge in [0.15, 0.2) is 17.5 Å². The number of esters is 1. The van der Waals surface area contributed by atoms with Crippen molar-refractivity contribution in [1.29, 1.82) is 0 Å². The zero-order chi connectivity index (χ0) is 23.0. The third kappa shape index (κ3) is 5.51. The molecule has 1 heterocycles. The molecule has 0 radical (unpaired) electrons. The summed E-state index contributed by atoms with van der Waals surface area (Å²) in [6, 6.07) is 24.0. The van der Waals surface area contributed by atoms with Crippen LogP contribution in [0, 0.1) is 0 Å². The molecule has 166 valence electrons. The fourth-order valence-electron chi connectivity index (χ4n) is 3.16. The largest absolute Gasteiger partial charge is 0.507 e. The van der Waals surface area contributed by atoms with E-state index >= 15 is 0 Å². The van der Waals surface area contributed by atoms with Crippen molar-refractivity contribution in [3.05, 3.63) is 78.9 Å². The van der Waals surface area contributed by atoms with Crippen LogP contribution in [0.15, 0.2) is 78.9 Å². The van der Waals surface area contributed by atoms with E-state index in [2.05, 4.69) is 15.0 Å². The number of nitrogens with zero attached hydrogens (tertiary/aromatic N) is 3. The Morgan fingerprint density at radius 2 is 1.39 bits per heavy atom. The first-order valence-electron chi connectivity index (χ1n) is 10.6. The summed E-state index contributed by atoms with van der Waals surface area (Å²) in [5.74, 6) is 1.31. The van der Waals surface area contributed by atoms with E-state index in [-0.39, 0.29) is 18.5 Å². The quantitative estimate of drug-likeness (QED) is 0.294. The Morgan fingerprint density at radius 1 is 0.818 bits per heavy atom. The van der Waals surface area contributed by atoms with Gasteiger partial charge in [-0.05, 0) is 18.6 Å². The van der Waals surface area contributed by atoms with Gasteiger partial charge in [-0.15, -0.1) is 0 Å². The molecule has 0 atom stereocenters. The van der Waals surface area contributed by atoms with Gasteiger partial charge in [-0.2, -0.15) is 0 Å². The van der Waals surface area contributed by atoms with Gasteiger partial charge in [-0.1, -0.05) is 67.6 Å². The van der Waals surface area contributed by atoms with E-state index in [1.165, 1.54) is 6.07 Å². The standard InChI is InChI=1S/C26H23N3O4/c1-2-9-23(31)33-17-32-20-14-15-21(22(30)16-20)26-28-24(18-10-5-3-6-11-18)27-25(29-26)19-12-7-4-8-13-19/h3-8,10-16,30H,2,9,17H2,1H3. The second-order valence-corrected chi connectivity index (χ2v) is 7.25. The predicted octanol–water partition coefficient (Wildman–Crippen LogP) is 5.26. The molecule has 4 rings (SSSR count). The van der Waals surface area contributed by atoms with E-state index < -0.39 is 0 Å². The van der Waals surface area contributed by atoms with Crippen molar-refractivity contribution >= 4 is 5.97 Å². The minimum absolute atomic E-state index is 0.0587. The lowest BCUT2D eigenvalue weighted by molar-refractivity contribution is -0.150. The van der Waals surface area contributed by atoms with Gasteiger partial charge >= 0.3 is 5.97 Å². The number of carbonyl (C=O) groups is 1. The molecule has 1 N–H and O–H groups in total. The van der Waals surface area contributed by atoms with Gasteiger partial charge < -0.3 is 14.6 Å². The first kappa shape index (κ1) is 22.0. The molecule has 0 aliphatic rings. The summed E-state index contributed by atoms with van der Waals surface area (Å²) in [6.45, 7) is 1.67. The lowest BCUT2D eigenvalue weighted by Gasteiger charge is -2.11. The molecule has 0 fully saturated rings. The summed E-state index contributed by atoms with van der Waals surface area (Å²) in [4.78, 5) is 25.3. The Labute approximate surface area is 191 Å². The van der Waals surface area contributed by atoms with E-state index in [0.29, 0.717) is 41.6 Å². The highest BCUT2D eigenvalue weighted by molar-refractivity contribution is 5.70. The molecule has 3 aromatic carbocycles. The Kier molecular flexibility index (Phi) is 6.90. The minimum atomic E-state index is -0.328. The van der Waals surface area contributed by atoms with Crippen LogP contribution >= 0.6 is 0 Å². The molecule has 0 bridgehead atoms. The van der Waals surface area contributed by atoms with Gasteiger partial charge in [0.25, 0.3) is 0 Å². The van der Waals surface area contributed by atoms with Crippen molar-refractivity contribution in [2.24, 2.45) is 0 Å². The van der Waals surface area contributed by atoms with Gasteiger partial charge in [0, 0.05) is 23.6 Å². The van der Waals surface area contributed by atoms with Crippen molar-refractivity contribution in [2.45, 2.75) is 19.8 Å². The lowest BCUT2D eigenvalue weighted by atomic mass is 10.1. The predicted molar refractivity (Wildman–Crippen MR) is 124 cm³/mol. The van der Waals surface area contributed by atoms with E-state index in [1.807, 2.05) is 67.6 Å². The van der Waals surface area contributed by atoms with Crippen LogP contribution in [0.5, 0.6) is 11.5 Å². The van der Waals surface area contributed by atoms with E-state index in [4.69, 9.17) is 9.47 Å². The monoisotopic (exact) mass is 441 g/mol. The second kappa shape index (κ2) is 10.4. The second-order valence-electron chi connectivity index (χ2n) is 7.25. The number of phenols is 1. The molecule has 1 aromatic heterocycles. The number of hydrogen-bond donors (Lipinski definition) is 1. The van der Waals surface area contributed by atoms with Crippen LogP contribution in [-0.4, -0.2) is 32.8 Å². The molecule has 0 amide bonds. The number of rotatable bonds is 8. The normalized spacial score (nSPS) is 10.6. The lowest BCUT2D eigenvalue weighted by Crippen LogP contribution is -2.09. The molecule has 7 heteroatoms. The zero-order valence-electron chi connectivity index (χ0n) is 18.1. The average molecular weight is 441 g/mol. The number of benzene rings is 3. The van der Waals surface area contributed by atoms with Crippen molar-refractivity contribution < 1.29 is 19.4 Å². The van der Waals surface area contributed by atoms with Crippen LogP contribution in [-0.2, 0) is 9.53 Å². The maximum atomic E-state index is 11.5. The van der Waals surface area contributed by atoms with Crippen LogP contribution in [0.2, 0.25) is 0 Å². The Balaban J connectivity index is 1.66. The third-order valence-corrected chi connectivity index (χ3v) is 4.81. The van der Waals surface area contributed by atoms with Crippen molar-refractivity contribution in [3.8, 4) is 45.7 Å². The van der Waals surface area contributed by atoms with Crippen molar-refractivity contribution in [3.63, 3.8) is 0 Å². The Bertz CT molecular complexity index is 1170. The molecular weight excluding hydrogens is 418 g/mol. The first-order chi connectivity index (χ1) is 16.1. The molecule has 0 aliphatic carbocycles. The van der Waals surface area contributed by atoms with Crippen LogP contribution in [0.1, 0.15) is 19.8 Å². The topological polar surface area (TPSA) is 94.4 Å². The van der Waals surface area contributed by atoms with Gasteiger partial charge in [-0.3, -0.25) is 4.79 Å². The molecule has 4 aromatic rings. The Morgan fingerprint density at radius 3 is 1.94 bits per heavy atom. The fourth-order valence-corrected chi connectivity index (χ4v) is 3.16. The van der Waals surface area contributed by atoms with Crippen LogP contribution < -0.4 is 4.74 Å². The molecule has 7 nitrogen and oxygen atoms in total. The first-order valence-corrected chi connectivity index (χ1v) is 10.6. The highest BCUT2D eigenvalue weighted by Crippen LogP contribution is 2.32. The average Bonchev–Trinajstić information content (AvgIpc) is 2.85. The highest BCUT2D eigenvalue weighted by Gasteiger charge is 2.15. The van der Waals surface area contributed by atoms with Crippen LogP contribution in [0.3, 0.4) is 0 Å². The minimum Gasteiger partial charge on any atom is -0.507 e. The van der Waals surface area contributed by atoms with Crippen molar-refractivity contribution in [1.82, 2.24) is 15.0 Å². The molecule has 0 unspecified atom stereocenters. The Hall–Kier alpha value is -4.26. The number of carbonyl (C=O) groups excluding carboxylic acids is 1. The summed E-state index contributed by atoms with van der Waals surface area (Å²) in [5, 5.41) is 10.7. The van der Waals surface area contributed by atoms with E-state index in [1.54, 1.807) is 12.1 Å². The molecule has 0 saturated carbocycles. The zero-order valence-corrected chi connectivity index (χ0v) is 18.1. The highest BCUT2D eigenvalue weighted by atomic mass is 16.7. The number of ether oxygens (including phenoxy) is 2. The summed E-state index contributed by atoms with van der Waals surface area (Å²) in [5.41, 5.74) is 2.11. The summed E-state index contributed by atoms with van der Waals surface area (Å²) in [7, 11) is 0. The van der Waals surface area contributed by atoms with Gasteiger partial charge in [0.05, 0.1) is 5.56 Å². The molecule has 0 spiro atoms. The SMILES string of the molecule is CCCC(=O)OCOc1ccc(-c2nc(-c3ccccc3)nc(-c3ccccc3)n2)c(O)c1. The van der Waals surface area contributed by atoms with Gasteiger partial charge in [-0.25, -0.2) is 15.0 Å². The number of aromatic hydroxyl groups is 1. The van der Waals surface area contributed by atoms with Crippen molar-refractivity contribution in [2.75, 3.05) is 6.79 Å². The maximum Gasteiger partial charge on any atom is 0.308 e. The van der Waals surface area contributed by atoms with Gasteiger partial charge in [0.2, 0.25) is 6.79 Å². The third-order valence-electron chi connectivity index (χ3n) is 4.81. The maximum absolute atomic E-state index is 11.5. The number of aromatic nitrogens is 3. The molecular formula is C26H23N3O4.